The zero-order chi connectivity index (χ0) is 8.53. The summed E-state index contributed by atoms with van der Waals surface area (Å²) in [6, 6.07) is 0. The molecule has 0 amide bonds. The van der Waals surface area contributed by atoms with Gasteiger partial charge in [-0.05, 0) is 19.4 Å². The van der Waals surface area contributed by atoms with Crippen molar-refractivity contribution in [3.8, 4) is 0 Å². The van der Waals surface area contributed by atoms with Gasteiger partial charge < -0.3 is 15.2 Å². The molecular formula is C8H19NO2. The first-order chi connectivity index (χ1) is 5.31. The minimum atomic E-state index is -0.148. The Morgan fingerprint density at radius 1 is 1.45 bits per heavy atom. The number of ether oxygens (including phenoxy) is 1. The van der Waals surface area contributed by atoms with Crippen molar-refractivity contribution in [1.29, 1.82) is 0 Å². The van der Waals surface area contributed by atoms with E-state index >= 15 is 0 Å². The summed E-state index contributed by atoms with van der Waals surface area (Å²) < 4.78 is 4.85. The summed E-state index contributed by atoms with van der Waals surface area (Å²) in [5.74, 6) is 0. The molecule has 1 unspecified atom stereocenters. The molecule has 1 atom stereocenters. The van der Waals surface area contributed by atoms with Crippen molar-refractivity contribution < 1.29 is 9.84 Å². The van der Waals surface area contributed by atoms with Crippen molar-refractivity contribution in [2.75, 3.05) is 26.8 Å². The van der Waals surface area contributed by atoms with Crippen LogP contribution in [-0.2, 0) is 4.74 Å². The number of hydrogen-bond acceptors (Lipinski definition) is 3. The minimum Gasteiger partial charge on any atom is -0.393 e. The fraction of sp³-hybridized carbons (Fsp3) is 1.00. The second kappa shape index (κ2) is 7.98. The van der Waals surface area contributed by atoms with Gasteiger partial charge >= 0.3 is 0 Å². The predicted molar refractivity (Wildman–Crippen MR) is 45.7 cm³/mol. The van der Waals surface area contributed by atoms with E-state index in [4.69, 9.17) is 9.84 Å². The third-order valence-corrected chi connectivity index (χ3v) is 1.61. The molecule has 0 radical (unpaired) electrons. The van der Waals surface area contributed by atoms with Crippen LogP contribution in [0.1, 0.15) is 19.8 Å². The Balaban J connectivity index is 2.89. The summed E-state index contributed by atoms with van der Waals surface area (Å²) in [6.45, 7) is 4.47. The Labute approximate surface area is 68.8 Å². The lowest BCUT2D eigenvalue weighted by Gasteiger charge is -2.07. The van der Waals surface area contributed by atoms with Gasteiger partial charge in [0.05, 0.1) is 12.7 Å². The van der Waals surface area contributed by atoms with Crippen LogP contribution in [-0.4, -0.2) is 38.0 Å². The number of aliphatic hydroxyl groups is 1. The Morgan fingerprint density at radius 2 is 2.18 bits per heavy atom. The van der Waals surface area contributed by atoms with Crippen molar-refractivity contribution in [3.63, 3.8) is 0 Å². The zero-order valence-corrected chi connectivity index (χ0v) is 7.47. The SMILES string of the molecule is CCC(O)CCNCCOC. The van der Waals surface area contributed by atoms with E-state index in [0.717, 1.165) is 32.5 Å². The second-order valence-corrected chi connectivity index (χ2v) is 2.59. The average molecular weight is 161 g/mol. The van der Waals surface area contributed by atoms with Gasteiger partial charge in [-0.25, -0.2) is 0 Å². The molecule has 0 fully saturated rings. The van der Waals surface area contributed by atoms with Gasteiger partial charge in [-0.2, -0.15) is 0 Å². The molecular weight excluding hydrogens is 142 g/mol. The topological polar surface area (TPSA) is 41.5 Å². The van der Waals surface area contributed by atoms with E-state index in [2.05, 4.69) is 5.32 Å². The summed E-state index contributed by atoms with van der Waals surface area (Å²) in [5, 5.41) is 12.3. The Morgan fingerprint density at radius 3 is 2.73 bits per heavy atom. The molecule has 11 heavy (non-hydrogen) atoms. The highest BCUT2D eigenvalue weighted by atomic mass is 16.5. The third kappa shape index (κ3) is 7.78. The molecule has 3 heteroatoms. The molecule has 2 N–H and O–H groups in total. The lowest BCUT2D eigenvalue weighted by Crippen LogP contribution is -2.23. The monoisotopic (exact) mass is 161 g/mol. The molecule has 68 valence electrons. The highest BCUT2D eigenvalue weighted by Crippen LogP contribution is 1.93. The van der Waals surface area contributed by atoms with E-state index < -0.39 is 0 Å². The van der Waals surface area contributed by atoms with Crippen LogP contribution in [0.15, 0.2) is 0 Å². The molecule has 0 aliphatic heterocycles. The third-order valence-electron chi connectivity index (χ3n) is 1.61. The minimum absolute atomic E-state index is 0.148. The van der Waals surface area contributed by atoms with Crippen molar-refractivity contribution in [1.82, 2.24) is 5.32 Å². The summed E-state index contributed by atoms with van der Waals surface area (Å²) in [4.78, 5) is 0. The van der Waals surface area contributed by atoms with Gasteiger partial charge in [0, 0.05) is 13.7 Å². The molecule has 0 heterocycles. The lowest BCUT2D eigenvalue weighted by molar-refractivity contribution is 0.156. The van der Waals surface area contributed by atoms with Gasteiger partial charge in [0.15, 0.2) is 0 Å². The zero-order valence-electron chi connectivity index (χ0n) is 7.47. The maximum absolute atomic E-state index is 9.14. The van der Waals surface area contributed by atoms with Crippen molar-refractivity contribution in [2.45, 2.75) is 25.9 Å². The van der Waals surface area contributed by atoms with Gasteiger partial charge in [-0.15, -0.1) is 0 Å². The first-order valence-corrected chi connectivity index (χ1v) is 4.19. The van der Waals surface area contributed by atoms with Crippen LogP contribution in [0.3, 0.4) is 0 Å². The summed E-state index contributed by atoms with van der Waals surface area (Å²) in [5.41, 5.74) is 0. The Bertz CT molecular complexity index is 78.5. The maximum Gasteiger partial charge on any atom is 0.0587 e. The van der Waals surface area contributed by atoms with E-state index in [9.17, 15) is 0 Å². The van der Waals surface area contributed by atoms with Crippen LogP contribution < -0.4 is 5.32 Å². The number of hydrogen-bond donors (Lipinski definition) is 2. The van der Waals surface area contributed by atoms with Crippen molar-refractivity contribution in [3.05, 3.63) is 0 Å². The number of nitrogens with one attached hydrogen (secondary N) is 1. The van der Waals surface area contributed by atoms with Crippen molar-refractivity contribution >= 4 is 0 Å². The van der Waals surface area contributed by atoms with Crippen molar-refractivity contribution in [2.24, 2.45) is 0 Å². The highest BCUT2D eigenvalue weighted by molar-refractivity contribution is 4.54. The molecule has 0 rings (SSSR count). The average Bonchev–Trinajstić information content (AvgIpc) is 2.04. The normalized spacial score (nSPS) is 13.4. The molecule has 0 aromatic heterocycles. The molecule has 0 bridgehead atoms. The second-order valence-electron chi connectivity index (χ2n) is 2.59. The standard InChI is InChI=1S/C8H19NO2/c1-3-8(10)4-5-9-6-7-11-2/h8-10H,3-7H2,1-2H3. The molecule has 0 saturated carbocycles. The van der Waals surface area contributed by atoms with Crippen LogP contribution in [0.25, 0.3) is 0 Å². The van der Waals surface area contributed by atoms with Gasteiger partial charge in [-0.3, -0.25) is 0 Å². The van der Waals surface area contributed by atoms with Crippen LogP contribution in [0, 0.1) is 0 Å². The van der Waals surface area contributed by atoms with Crippen LogP contribution >= 0.6 is 0 Å². The van der Waals surface area contributed by atoms with E-state index in [1.807, 2.05) is 6.92 Å². The molecule has 0 spiro atoms. The largest absolute Gasteiger partial charge is 0.393 e. The molecule has 3 nitrogen and oxygen atoms in total. The maximum atomic E-state index is 9.14. The molecule has 0 aromatic rings. The molecule has 0 saturated heterocycles. The van der Waals surface area contributed by atoms with Gasteiger partial charge in [0.1, 0.15) is 0 Å². The molecule has 0 aliphatic carbocycles. The van der Waals surface area contributed by atoms with E-state index in [-0.39, 0.29) is 6.10 Å². The van der Waals surface area contributed by atoms with E-state index in [1.165, 1.54) is 0 Å². The first-order valence-electron chi connectivity index (χ1n) is 4.19. The fourth-order valence-corrected chi connectivity index (χ4v) is 0.772. The van der Waals surface area contributed by atoms with Gasteiger partial charge in [0.25, 0.3) is 0 Å². The van der Waals surface area contributed by atoms with Gasteiger partial charge in [0.2, 0.25) is 0 Å². The van der Waals surface area contributed by atoms with Crippen LogP contribution in [0.4, 0.5) is 0 Å². The van der Waals surface area contributed by atoms with Gasteiger partial charge in [-0.1, -0.05) is 6.92 Å². The van der Waals surface area contributed by atoms with Crippen LogP contribution in [0.2, 0.25) is 0 Å². The summed E-state index contributed by atoms with van der Waals surface area (Å²) in [7, 11) is 1.68. The highest BCUT2D eigenvalue weighted by Gasteiger charge is 1.97. The fourth-order valence-electron chi connectivity index (χ4n) is 0.772. The number of aliphatic hydroxyl groups excluding tert-OH is 1. The molecule has 0 aromatic carbocycles. The Kier molecular flexibility index (Phi) is 7.89. The summed E-state index contributed by atoms with van der Waals surface area (Å²) >= 11 is 0. The predicted octanol–water partition coefficient (Wildman–Crippen LogP) is 0.383. The lowest BCUT2D eigenvalue weighted by atomic mass is 10.2. The van der Waals surface area contributed by atoms with E-state index in [1.54, 1.807) is 7.11 Å². The number of methoxy groups -OCH3 is 1. The number of rotatable bonds is 7. The van der Waals surface area contributed by atoms with E-state index in [0.29, 0.717) is 0 Å². The van der Waals surface area contributed by atoms with Crippen LogP contribution in [0.5, 0.6) is 0 Å². The smallest absolute Gasteiger partial charge is 0.0587 e. The molecule has 0 aliphatic rings. The Hall–Kier alpha value is -0.120. The first kappa shape index (κ1) is 10.9. The summed E-state index contributed by atoms with van der Waals surface area (Å²) in [6.07, 6.45) is 1.52. The quantitative estimate of drug-likeness (QED) is 0.530.